The van der Waals surface area contributed by atoms with Gasteiger partial charge in [-0.1, -0.05) is 13.0 Å². The van der Waals surface area contributed by atoms with Gasteiger partial charge in [0.1, 0.15) is 11.5 Å². The molecule has 1 unspecified atom stereocenters. The van der Waals surface area contributed by atoms with Crippen molar-refractivity contribution in [2.75, 3.05) is 26.9 Å². The number of hydrogen-bond acceptors (Lipinski definition) is 6. The van der Waals surface area contributed by atoms with Gasteiger partial charge < -0.3 is 19.5 Å². The Morgan fingerprint density at radius 1 is 1.23 bits per heavy atom. The number of hydrogen-bond donors (Lipinski definition) is 1. The second kappa shape index (κ2) is 9.54. The van der Waals surface area contributed by atoms with Crippen LogP contribution in [0.4, 0.5) is 0 Å². The van der Waals surface area contributed by atoms with Crippen molar-refractivity contribution in [1.29, 1.82) is 0 Å². The monoisotopic (exact) mass is 410 g/mol. The van der Waals surface area contributed by atoms with E-state index in [1.807, 2.05) is 13.8 Å². The number of Topliss-reactive ketones (excluding diaryl/α,β-unsaturated/α-hetero) is 1. The number of nitrogens with zero attached hydrogens (tertiary/aromatic N) is 2. The molecule has 0 bridgehead atoms. The maximum Gasteiger partial charge on any atom is 0.295 e. The SMILES string of the molecule is CCCOc1ccc(/C(O)=C2/C(=O)C(=O)N(CCOC)C2c2cccnc2)cc1C. The summed E-state index contributed by atoms with van der Waals surface area (Å²) >= 11 is 0. The molecule has 0 aliphatic carbocycles. The van der Waals surface area contributed by atoms with Crippen molar-refractivity contribution in [2.24, 2.45) is 0 Å². The highest BCUT2D eigenvalue weighted by Crippen LogP contribution is 2.39. The summed E-state index contributed by atoms with van der Waals surface area (Å²) in [6.07, 6.45) is 4.09. The van der Waals surface area contributed by atoms with Gasteiger partial charge in [-0.3, -0.25) is 14.6 Å². The van der Waals surface area contributed by atoms with Crippen LogP contribution in [0.5, 0.6) is 5.75 Å². The number of aliphatic hydroxyl groups is 1. The molecule has 1 atom stereocenters. The zero-order valence-corrected chi connectivity index (χ0v) is 17.4. The smallest absolute Gasteiger partial charge is 0.295 e. The number of ether oxygens (including phenoxy) is 2. The Hall–Kier alpha value is -3.19. The van der Waals surface area contributed by atoms with E-state index in [4.69, 9.17) is 9.47 Å². The highest BCUT2D eigenvalue weighted by molar-refractivity contribution is 6.46. The summed E-state index contributed by atoms with van der Waals surface area (Å²) in [4.78, 5) is 31.1. The number of carbonyl (C=O) groups excluding carboxylic acids is 2. The first-order valence-corrected chi connectivity index (χ1v) is 9.90. The topological polar surface area (TPSA) is 89.0 Å². The van der Waals surface area contributed by atoms with Crippen molar-refractivity contribution in [3.63, 3.8) is 0 Å². The number of methoxy groups -OCH3 is 1. The van der Waals surface area contributed by atoms with E-state index < -0.39 is 17.7 Å². The van der Waals surface area contributed by atoms with E-state index >= 15 is 0 Å². The van der Waals surface area contributed by atoms with E-state index in [-0.39, 0.29) is 24.5 Å². The minimum absolute atomic E-state index is 0.0470. The molecule has 0 spiro atoms. The van der Waals surface area contributed by atoms with Crippen molar-refractivity contribution < 1.29 is 24.2 Å². The van der Waals surface area contributed by atoms with Crippen molar-refractivity contribution in [3.8, 4) is 5.75 Å². The van der Waals surface area contributed by atoms with E-state index in [0.29, 0.717) is 17.7 Å². The molecule has 3 rings (SSSR count). The van der Waals surface area contributed by atoms with Crippen LogP contribution < -0.4 is 4.74 Å². The Morgan fingerprint density at radius 2 is 2.03 bits per heavy atom. The van der Waals surface area contributed by atoms with Gasteiger partial charge in [0.25, 0.3) is 11.7 Å². The van der Waals surface area contributed by atoms with Crippen LogP contribution in [0.1, 0.15) is 36.1 Å². The zero-order chi connectivity index (χ0) is 21.7. The molecule has 1 aliphatic rings. The normalized spacial score (nSPS) is 18.1. The number of benzene rings is 1. The minimum atomic E-state index is -0.731. The fourth-order valence-electron chi connectivity index (χ4n) is 3.51. The lowest BCUT2D eigenvalue weighted by molar-refractivity contribution is -0.140. The van der Waals surface area contributed by atoms with Crippen molar-refractivity contribution in [2.45, 2.75) is 26.3 Å². The molecule has 0 radical (unpaired) electrons. The molecule has 1 aromatic carbocycles. The Balaban J connectivity index is 2.08. The lowest BCUT2D eigenvalue weighted by Crippen LogP contribution is -2.32. The fourth-order valence-corrected chi connectivity index (χ4v) is 3.51. The highest BCUT2D eigenvalue weighted by atomic mass is 16.5. The van der Waals surface area contributed by atoms with Crippen molar-refractivity contribution >= 4 is 17.4 Å². The summed E-state index contributed by atoms with van der Waals surface area (Å²) in [7, 11) is 1.53. The van der Waals surface area contributed by atoms with Gasteiger partial charge in [0.05, 0.1) is 24.8 Å². The number of pyridine rings is 1. The zero-order valence-electron chi connectivity index (χ0n) is 17.4. The van der Waals surface area contributed by atoms with E-state index in [2.05, 4.69) is 4.98 Å². The summed E-state index contributed by atoms with van der Waals surface area (Å²) < 4.78 is 10.8. The van der Waals surface area contributed by atoms with Gasteiger partial charge in [-0.25, -0.2) is 0 Å². The number of carbonyl (C=O) groups is 2. The van der Waals surface area contributed by atoms with Gasteiger partial charge in [-0.05, 0) is 48.7 Å². The second-order valence-corrected chi connectivity index (χ2v) is 7.10. The van der Waals surface area contributed by atoms with Gasteiger partial charge in [0.15, 0.2) is 0 Å². The maximum absolute atomic E-state index is 12.9. The number of aryl methyl sites for hydroxylation is 1. The summed E-state index contributed by atoms with van der Waals surface area (Å²) in [5, 5.41) is 11.1. The average Bonchev–Trinajstić information content (AvgIpc) is 3.01. The van der Waals surface area contributed by atoms with Gasteiger partial charge in [-0.2, -0.15) is 0 Å². The van der Waals surface area contributed by atoms with Gasteiger partial charge in [-0.15, -0.1) is 0 Å². The maximum atomic E-state index is 12.9. The van der Waals surface area contributed by atoms with Crippen LogP contribution in [0.25, 0.3) is 5.76 Å². The summed E-state index contributed by atoms with van der Waals surface area (Å²) in [6, 6.07) is 7.99. The first kappa shape index (κ1) is 21.5. The molecule has 7 nitrogen and oxygen atoms in total. The lowest BCUT2D eigenvalue weighted by atomic mass is 9.95. The third kappa shape index (κ3) is 4.21. The van der Waals surface area contributed by atoms with E-state index in [9.17, 15) is 14.7 Å². The number of rotatable bonds is 8. The Morgan fingerprint density at radius 3 is 2.67 bits per heavy atom. The predicted molar refractivity (Wildman–Crippen MR) is 112 cm³/mol. The molecule has 158 valence electrons. The number of aromatic nitrogens is 1. The van der Waals surface area contributed by atoms with Gasteiger partial charge >= 0.3 is 0 Å². The molecule has 2 heterocycles. The fraction of sp³-hybridized carbons (Fsp3) is 0.348. The average molecular weight is 410 g/mol. The molecule has 1 fully saturated rings. The molecule has 1 aromatic heterocycles. The summed E-state index contributed by atoms with van der Waals surface area (Å²) in [6.45, 7) is 4.98. The molecule has 0 saturated carbocycles. The first-order chi connectivity index (χ1) is 14.5. The molecule has 1 amide bonds. The van der Waals surface area contributed by atoms with Crippen LogP contribution in [0, 0.1) is 6.92 Å². The van der Waals surface area contributed by atoms with Crippen LogP contribution in [0.2, 0.25) is 0 Å². The summed E-state index contributed by atoms with van der Waals surface area (Å²) in [5.74, 6) is -0.881. The first-order valence-electron chi connectivity index (χ1n) is 9.90. The third-order valence-corrected chi connectivity index (χ3v) is 4.99. The van der Waals surface area contributed by atoms with Crippen molar-refractivity contribution in [3.05, 3.63) is 65.0 Å². The van der Waals surface area contributed by atoms with Gasteiger partial charge in [0, 0.05) is 31.6 Å². The number of likely N-dealkylation sites (tertiary alicyclic amines) is 1. The quantitative estimate of drug-likeness (QED) is 0.408. The largest absolute Gasteiger partial charge is 0.507 e. The van der Waals surface area contributed by atoms with E-state index in [1.54, 1.807) is 42.7 Å². The van der Waals surface area contributed by atoms with Crippen LogP contribution >= 0.6 is 0 Å². The number of amides is 1. The Kier molecular flexibility index (Phi) is 6.84. The van der Waals surface area contributed by atoms with E-state index in [1.165, 1.54) is 12.0 Å². The predicted octanol–water partition coefficient (Wildman–Crippen LogP) is 3.25. The highest BCUT2D eigenvalue weighted by Gasteiger charge is 2.46. The molecule has 1 saturated heterocycles. The lowest BCUT2D eigenvalue weighted by Gasteiger charge is -2.24. The van der Waals surface area contributed by atoms with Crippen molar-refractivity contribution in [1.82, 2.24) is 9.88 Å². The van der Waals surface area contributed by atoms with Crippen LogP contribution in [0.3, 0.4) is 0 Å². The number of ketones is 1. The molecule has 2 aromatic rings. The van der Waals surface area contributed by atoms with Crippen LogP contribution in [-0.4, -0.2) is 53.5 Å². The molecular formula is C23H26N2O5. The molecule has 7 heteroatoms. The minimum Gasteiger partial charge on any atom is -0.507 e. The van der Waals surface area contributed by atoms with E-state index in [0.717, 1.165) is 17.7 Å². The Bertz CT molecular complexity index is 955. The molecular weight excluding hydrogens is 384 g/mol. The standard InChI is InChI=1S/C23H26N2O5/c1-4-11-30-18-8-7-16(13-15(18)2)21(26)19-20(17-6-5-9-24-14-17)25(10-12-29-3)23(28)22(19)27/h5-9,13-14,20,26H,4,10-12H2,1-3H3/b21-19-. The molecule has 1 aliphatic heterocycles. The Labute approximate surface area is 175 Å². The number of aliphatic hydroxyl groups excluding tert-OH is 1. The molecule has 30 heavy (non-hydrogen) atoms. The molecule has 1 N–H and O–H groups in total. The summed E-state index contributed by atoms with van der Waals surface area (Å²) in [5.41, 5.74) is 1.98. The van der Waals surface area contributed by atoms with Crippen LogP contribution in [0.15, 0.2) is 48.3 Å². The third-order valence-electron chi connectivity index (χ3n) is 4.99. The van der Waals surface area contributed by atoms with Gasteiger partial charge in [0.2, 0.25) is 0 Å². The second-order valence-electron chi connectivity index (χ2n) is 7.10. The van der Waals surface area contributed by atoms with Crippen LogP contribution in [-0.2, 0) is 14.3 Å².